The van der Waals surface area contributed by atoms with Crippen molar-refractivity contribution in [1.29, 1.82) is 0 Å². The SMILES string of the molecule is CN=C(N(C)Cc1ccc(Br)c(C)c1)N1CN(C)C(=O)N(C)C1. The first-order chi connectivity index (χ1) is 10.8. The average molecular weight is 382 g/mol. The molecule has 0 unspecified atom stereocenters. The molecule has 0 radical (unpaired) electrons. The Morgan fingerprint density at radius 2 is 1.91 bits per heavy atom. The zero-order chi connectivity index (χ0) is 17.1. The maximum Gasteiger partial charge on any atom is 0.322 e. The van der Waals surface area contributed by atoms with E-state index in [0.29, 0.717) is 13.3 Å². The number of hydrogen-bond donors (Lipinski definition) is 0. The van der Waals surface area contributed by atoms with E-state index in [0.717, 1.165) is 17.0 Å². The Morgan fingerprint density at radius 1 is 1.30 bits per heavy atom. The summed E-state index contributed by atoms with van der Waals surface area (Å²) in [7, 11) is 7.41. The normalized spacial score (nSPS) is 16.2. The molecule has 1 fully saturated rings. The highest BCUT2D eigenvalue weighted by atomic mass is 79.9. The first-order valence-electron chi connectivity index (χ1n) is 7.47. The van der Waals surface area contributed by atoms with Crippen molar-refractivity contribution in [3.05, 3.63) is 33.8 Å². The van der Waals surface area contributed by atoms with Gasteiger partial charge in [-0.1, -0.05) is 28.1 Å². The Labute approximate surface area is 146 Å². The molecule has 2 rings (SSSR count). The Balaban J connectivity index is 2.11. The van der Waals surface area contributed by atoms with Gasteiger partial charge in [-0.3, -0.25) is 4.99 Å². The number of urea groups is 1. The van der Waals surface area contributed by atoms with Gasteiger partial charge in [0.15, 0.2) is 5.96 Å². The van der Waals surface area contributed by atoms with Gasteiger partial charge in [0.2, 0.25) is 0 Å². The van der Waals surface area contributed by atoms with Crippen molar-refractivity contribution in [1.82, 2.24) is 19.6 Å². The summed E-state index contributed by atoms with van der Waals surface area (Å²) in [5, 5.41) is 0. The lowest BCUT2D eigenvalue weighted by Crippen LogP contribution is -2.59. The monoisotopic (exact) mass is 381 g/mol. The zero-order valence-electron chi connectivity index (χ0n) is 14.4. The first kappa shape index (κ1) is 17.6. The van der Waals surface area contributed by atoms with Crippen molar-refractivity contribution in [3.8, 4) is 0 Å². The lowest BCUT2D eigenvalue weighted by atomic mass is 10.1. The van der Waals surface area contributed by atoms with Crippen LogP contribution in [0, 0.1) is 6.92 Å². The smallest absolute Gasteiger partial charge is 0.322 e. The number of benzene rings is 1. The van der Waals surface area contributed by atoms with E-state index in [1.54, 1.807) is 30.9 Å². The number of rotatable bonds is 2. The number of aliphatic imine (C=N–C) groups is 1. The summed E-state index contributed by atoms with van der Waals surface area (Å²) >= 11 is 3.53. The number of carbonyl (C=O) groups excluding carboxylic acids is 1. The number of nitrogens with zero attached hydrogens (tertiary/aromatic N) is 5. The summed E-state index contributed by atoms with van der Waals surface area (Å²) in [6, 6.07) is 6.38. The van der Waals surface area contributed by atoms with Gasteiger partial charge in [0.1, 0.15) is 0 Å². The van der Waals surface area contributed by atoms with Crippen LogP contribution >= 0.6 is 15.9 Å². The number of halogens is 1. The van der Waals surface area contributed by atoms with Crippen molar-refractivity contribution < 1.29 is 4.79 Å². The maximum absolute atomic E-state index is 11.9. The van der Waals surface area contributed by atoms with Crippen LogP contribution in [0.15, 0.2) is 27.7 Å². The average Bonchev–Trinajstić information content (AvgIpc) is 2.49. The molecular weight excluding hydrogens is 358 g/mol. The number of hydrogen-bond acceptors (Lipinski definition) is 2. The molecule has 7 heteroatoms. The maximum atomic E-state index is 11.9. The molecule has 1 aliphatic rings. The molecule has 1 aromatic carbocycles. The molecular formula is C16H24BrN5O. The number of guanidine groups is 1. The number of carbonyl (C=O) groups is 1. The van der Waals surface area contributed by atoms with E-state index in [-0.39, 0.29) is 6.03 Å². The first-order valence-corrected chi connectivity index (χ1v) is 8.27. The second kappa shape index (κ2) is 7.21. The van der Waals surface area contributed by atoms with Gasteiger partial charge in [0.25, 0.3) is 0 Å². The lowest BCUT2D eigenvalue weighted by Gasteiger charge is -2.42. The van der Waals surface area contributed by atoms with Crippen LogP contribution in [-0.2, 0) is 6.54 Å². The third-order valence-corrected chi connectivity index (χ3v) is 4.77. The number of aryl methyl sites for hydroxylation is 1. The van der Waals surface area contributed by atoms with Crippen LogP contribution in [0.3, 0.4) is 0 Å². The summed E-state index contributed by atoms with van der Waals surface area (Å²) in [6.07, 6.45) is 0. The molecule has 23 heavy (non-hydrogen) atoms. The topological polar surface area (TPSA) is 42.4 Å². The fourth-order valence-electron chi connectivity index (χ4n) is 2.80. The molecule has 126 valence electrons. The van der Waals surface area contributed by atoms with Crippen LogP contribution in [0.5, 0.6) is 0 Å². The second-order valence-electron chi connectivity index (χ2n) is 5.96. The molecule has 0 atom stereocenters. The molecule has 1 saturated heterocycles. The summed E-state index contributed by atoms with van der Waals surface area (Å²) < 4.78 is 1.12. The minimum atomic E-state index is 0.0305. The van der Waals surface area contributed by atoms with E-state index in [2.05, 4.69) is 55.8 Å². The molecule has 0 saturated carbocycles. The van der Waals surface area contributed by atoms with Crippen LogP contribution in [0.2, 0.25) is 0 Å². The summed E-state index contributed by atoms with van der Waals surface area (Å²) in [5.74, 6) is 0.872. The van der Waals surface area contributed by atoms with Gasteiger partial charge >= 0.3 is 6.03 Å². The van der Waals surface area contributed by atoms with E-state index in [1.807, 2.05) is 7.05 Å². The van der Waals surface area contributed by atoms with Gasteiger partial charge in [-0.15, -0.1) is 0 Å². The Hall–Kier alpha value is -1.76. The van der Waals surface area contributed by atoms with Crippen molar-refractivity contribution in [2.45, 2.75) is 13.5 Å². The predicted molar refractivity (Wildman–Crippen MR) is 96.2 cm³/mol. The van der Waals surface area contributed by atoms with Crippen LogP contribution in [0.1, 0.15) is 11.1 Å². The van der Waals surface area contributed by atoms with Crippen LogP contribution in [0.4, 0.5) is 4.79 Å². The highest BCUT2D eigenvalue weighted by Gasteiger charge is 2.28. The standard InChI is InChI=1S/C16H24BrN5O/c1-12-8-13(6-7-14(12)17)9-19(3)15(18-2)22-10-20(4)16(23)21(5)11-22/h6-8H,9-11H2,1-5H3. The van der Waals surface area contributed by atoms with Crippen LogP contribution < -0.4 is 0 Å². The Morgan fingerprint density at radius 3 is 2.43 bits per heavy atom. The molecule has 0 bridgehead atoms. The van der Waals surface area contributed by atoms with E-state index in [9.17, 15) is 4.79 Å². The Kier molecular flexibility index (Phi) is 5.51. The summed E-state index contributed by atoms with van der Waals surface area (Å²) in [4.78, 5) is 23.9. The second-order valence-corrected chi connectivity index (χ2v) is 6.82. The molecule has 1 heterocycles. The zero-order valence-corrected chi connectivity index (χ0v) is 16.0. The minimum absolute atomic E-state index is 0.0305. The molecule has 1 aliphatic heterocycles. The lowest BCUT2D eigenvalue weighted by molar-refractivity contribution is 0.0876. The molecule has 2 amide bonds. The van der Waals surface area contributed by atoms with Crippen molar-refractivity contribution in [2.75, 3.05) is 41.5 Å². The highest BCUT2D eigenvalue weighted by molar-refractivity contribution is 9.10. The fraction of sp³-hybridized carbons (Fsp3) is 0.500. The van der Waals surface area contributed by atoms with Gasteiger partial charge in [-0.05, 0) is 24.1 Å². The summed E-state index contributed by atoms with van der Waals surface area (Å²) in [5.41, 5.74) is 2.44. The van der Waals surface area contributed by atoms with Gasteiger partial charge in [0, 0.05) is 39.2 Å². The highest BCUT2D eigenvalue weighted by Crippen LogP contribution is 2.18. The van der Waals surface area contributed by atoms with Gasteiger partial charge in [-0.2, -0.15) is 0 Å². The molecule has 0 spiro atoms. The quantitative estimate of drug-likeness (QED) is 0.583. The van der Waals surface area contributed by atoms with Crippen LogP contribution in [-0.4, -0.2) is 73.1 Å². The predicted octanol–water partition coefficient (Wildman–Crippen LogP) is 2.39. The van der Waals surface area contributed by atoms with Crippen molar-refractivity contribution >= 4 is 27.9 Å². The molecule has 1 aromatic rings. The van der Waals surface area contributed by atoms with Crippen LogP contribution in [0.25, 0.3) is 0 Å². The molecule has 0 aromatic heterocycles. The Bertz CT molecular complexity index is 604. The van der Waals surface area contributed by atoms with Gasteiger partial charge < -0.3 is 19.6 Å². The van der Waals surface area contributed by atoms with E-state index >= 15 is 0 Å². The van der Waals surface area contributed by atoms with Gasteiger partial charge in [-0.25, -0.2) is 4.79 Å². The molecule has 6 nitrogen and oxygen atoms in total. The third kappa shape index (κ3) is 3.96. The van der Waals surface area contributed by atoms with Gasteiger partial charge in [0.05, 0.1) is 13.3 Å². The number of amides is 2. The van der Waals surface area contributed by atoms with Crippen molar-refractivity contribution in [3.63, 3.8) is 0 Å². The molecule has 0 aliphatic carbocycles. The minimum Gasteiger partial charge on any atom is -0.341 e. The van der Waals surface area contributed by atoms with Crippen molar-refractivity contribution in [2.24, 2.45) is 4.99 Å². The van der Waals surface area contributed by atoms with E-state index in [4.69, 9.17) is 0 Å². The third-order valence-electron chi connectivity index (χ3n) is 3.89. The largest absolute Gasteiger partial charge is 0.341 e. The fourth-order valence-corrected chi connectivity index (χ4v) is 3.05. The molecule has 0 N–H and O–H groups in total. The van der Waals surface area contributed by atoms with E-state index in [1.165, 1.54) is 11.1 Å². The summed E-state index contributed by atoms with van der Waals surface area (Å²) in [6.45, 7) is 3.93. The van der Waals surface area contributed by atoms with E-state index < -0.39 is 0 Å².